The first-order valence-corrected chi connectivity index (χ1v) is 4.31. The van der Waals surface area contributed by atoms with Crippen LogP contribution in [0.1, 0.15) is 19.8 Å². The third-order valence-corrected chi connectivity index (χ3v) is 2.21. The molecule has 1 unspecified atom stereocenters. The number of carboxylic acids is 1. The van der Waals surface area contributed by atoms with Gasteiger partial charge in [0.1, 0.15) is 0 Å². The van der Waals surface area contributed by atoms with Gasteiger partial charge in [-0.3, -0.25) is 4.79 Å². The van der Waals surface area contributed by atoms with Crippen LogP contribution in [0.3, 0.4) is 0 Å². The molecule has 1 atom stereocenters. The molecule has 0 saturated heterocycles. The van der Waals surface area contributed by atoms with E-state index in [4.69, 9.17) is 5.11 Å². The molecule has 68 valence electrons. The summed E-state index contributed by atoms with van der Waals surface area (Å²) in [4.78, 5) is 10.4. The Morgan fingerprint density at radius 2 is 2.58 bits per heavy atom. The number of aliphatic carboxylic acids is 1. The minimum absolute atomic E-state index is 0.199. The minimum atomic E-state index is -0.707. The van der Waals surface area contributed by atoms with E-state index in [1.807, 2.05) is 6.92 Å². The molecule has 1 aliphatic rings. The van der Waals surface area contributed by atoms with Crippen molar-refractivity contribution in [2.24, 2.45) is 5.92 Å². The highest BCUT2D eigenvalue weighted by Crippen LogP contribution is 2.18. The summed E-state index contributed by atoms with van der Waals surface area (Å²) in [6.45, 7) is 3.85. The molecule has 0 aromatic heterocycles. The summed E-state index contributed by atoms with van der Waals surface area (Å²) in [7, 11) is 0. The van der Waals surface area contributed by atoms with Crippen molar-refractivity contribution in [1.82, 2.24) is 5.32 Å². The number of rotatable bonds is 3. The van der Waals surface area contributed by atoms with Crippen LogP contribution in [0.25, 0.3) is 0 Å². The number of carbonyl (C=O) groups is 1. The molecule has 0 aromatic rings. The molecule has 0 saturated carbocycles. The van der Waals surface area contributed by atoms with Crippen LogP contribution in [-0.2, 0) is 4.79 Å². The number of carboxylic acid groups (broad SMARTS) is 1. The lowest BCUT2D eigenvalue weighted by Gasteiger charge is -2.18. The summed E-state index contributed by atoms with van der Waals surface area (Å²) in [6, 6.07) is 0. The van der Waals surface area contributed by atoms with E-state index in [0.717, 1.165) is 19.5 Å². The molecular formula is C9H15NO2. The molecule has 0 radical (unpaired) electrons. The zero-order valence-electron chi connectivity index (χ0n) is 7.34. The molecule has 12 heavy (non-hydrogen) atoms. The van der Waals surface area contributed by atoms with Crippen LogP contribution < -0.4 is 5.32 Å². The van der Waals surface area contributed by atoms with Crippen molar-refractivity contribution in [3.63, 3.8) is 0 Å². The Kier molecular flexibility index (Phi) is 3.29. The Balaban J connectivity index is 2.44. The van der Waals surface area contributed by atoms with E-state index in [1.54, 1.807) is 0 Å². The molecule has 1 aliphatic heterocycles. The highest BCUT2D eigenvalue weighted by molar-refractivity contribution is 5.67. The largest absolute Gasteiger partial charge is 0.481 e. The second-order valence-electron chi connectivity index (χ2n) is 3.23. The summed E-state index contributed by atoms with van der Waals surface area (Å²) in [5.41, 5.74) is 1.29. The van der Waals surface area contributed by atoms with E-state index in [1.165, 1.54) is 5.57 Å². The van der Waals surface area contributed by atoms with Crippen LogP contribution >= 0.6 is 0 Å². The fourth-order valence-electron chi connectivity index (χ4n) is 1.48. The first-order chi connectivity index (χ1) is 5.70. The molecule has 0 bridgehead atoms. The predicted molar refractivity (Wildman–Crippen MR) is 47.0 cm³/mol. The van der Waals surface area contributed by atoms with E-state index in [9.17, 15) is 4.79 Å². The smallest absolute Gasteiger partial charge is 0.303 e. The van der Waals surface area contributed by atoms with Crippen LogP contribution in [0.5, 0.6) is 0 Å². The summed E-state index contributed by atoms with van der Waals surface area (Å²) < 4.78 is 0. The highest BCUT2D eigenvalue weighted by Gasteiger charge is 2.13. The van der Waals surface area contributed by atoms with Gasteiger partial charge in [-0.1, -0.05) is 18.6 Å². The molecule has 0 amide bonds. The van der Waals surface area contributed by atoms with Gasteiger partial charge in [0.2, 0.25) is 0 Å². The van der Waals surface area contributed by atoms with Gasteiger partial charge in [0.05, 0.1) is 6.42 Å². The molecule has 0 spiro atoms. The first-order valence-electron chi connectivity index (χ1n) is 4.31. The first kappa shape index (κ1) is 9.26. The third-order valence-electron chi connectivity index (χ3n) is 2.21. The fourth-order valence-corrected chi connectivity index (χ4v) is 1.48. The molecule has 0 fully saturated rings. The summed E-state index contributed by atoms with van der Waals surface area (Å²) >= 11 is 0. The summed E-state index contributed by atoms with van der Waals surface area (Å²) in [6.07, 6.45) is 3.36. The van der Waals surface area contributed by atoms with Crippen LogP contribution in [-0.4, -0.2) is 24.2 Å². The van der Waals surface area contributed by atoms with Crippen molar-refractivity contribution >= 4 is 5.97 Å². The predicted octanol–water partition coefficient (Wildman–Crippen LogP) is 1.02. The lowest BCUT2D eigenvalue weighted by molar-refractivity contribution is -0.137. The second-order valence-corrected chi connectivity index (χ2v) is 3.23. The minimum Gasteiger partial charge on any atom is -0.481 e. The van der Waals surface area contributed by atoms with Crippen molar-refractivity contribution in [1.29, 1.82) is 0 Å². The quantitative estimate of drug-likeness (QED) is 0.620. The molecule has 3 heteroatoms. The van der Waals surface area contributed by atoms with Gasteiger partial charge in [-0.2, -0.15) is 0 Å². The van der Waals surface area contributed by atoms with Gasteiger partial charge in [-0.25, -0.2) is 0 Å². The molecule has 0 aliphatic carbocycles. The van der Waals surface area contributed by atoms with E-state index in [0.29, 0.717) is 0 Å². The van der Waals surface area contributed by atoms with Crippen LogP contribution in [0.4, 0.5) is 0 Å². The maximum atomic E-state index is 10.4. The standard InChI is InChI=1S/C9H15NO2/c1-7(6-9(11)12)8-2-4-10-5-3-8/h2,7,10H,3-6H2,1H3,(H,11,12). The van der Waals surface area contributed by atoms with Gasteiger partial charge in [-0.15, -0.1) is 0 Å². The topological polar surface area (TPSA) is 49.3 Å². The Hall–Kier alpha value is -0.830. The van der Waals surface area contributed by atoms with Crippen LogP contribution in [0, 0.1) is 5.92 Å². The van der Waals surface area contributed by atoms with Crippen LogP contribution in [0.2, 0.25) is 0 Å². The average molecular weight is 169 g/mol. The zero-order chi connectivity index (χ0) is 8.97. The molecule has 0 aromatic carbocycles. The molecule has 3 nitrogen and oxygen atoms in total. The SMILES string of the molecule is CC(CC(=O)O)C1=CCNCC1. The van der Waals surface area contributed by atoms with Crippen LogP contribution in [0.15, 0.2) is 11.6 Å². The summed E-state index contributed by atoms with van der Waals surface area (Å²) in [5, 5.41) is 11.8. The monoisotopic (exact) mass is 169 g/mol. The van der Waals surface area contributed by atoms with Gasteiger partial charge in [-0.05, 0) is 18.9 Å². The molecule has 1 heterocycles. The van der Waals surface area contributed by atoms with E-state index in [-0.39, 0.29) is 12.3 Å². The van der Waals surface area contributed by atoms with Crippen molar-refractivity contribution in [2.45, 2.75) is 19.8 Å². The van der Waals surface area contributed by atoms with E-state index >= 15 is 0 Å². The van der Waals surface area contributed by atoms with E-state index in [2.05, 4.69) is 11.4 Å². The van der Waals surface area contributed by atoms with Crippen molar-refractivity contribution < 1.29 is 9.90 Å². The van der Waals surface area contributed by atoms with Gasteiger partial charge in [0.15, 0.2) is 0 Å². The van der Waals surface area contributed by atoms with Gasteiger partial charge in [0, 0.05) is 6.54 Å². The Morgan fingerprint density at radius 1 is 1.83 bits per heavy atom. The van der Waals surface area contributed by atoms with E-state index < -0.39 is 5.97 Å². The average Bonchev–Trinajstić information content (AvgIpc) is 2.05. The van der Waals surface area contributed by atoms with Gasteiger partial charge < -0.3 is 10.4 Å². The lowest BCUT2D eigenvalue weighted by Crippen LogP contribution is -2.23. The number of nitrogens with one attached hydrogen (secondary N) is 1. The fraction of sp³-hybridized carbons (Fsp3) is 0.667. The number of hydrogen-bond donors (Lipinski definition) is 2. The van der Waals surface area contributed by atoms with Crippen molar-refractivity contribution in [2.75, 3.05) is 13.1 Å². The second kappa shape index (κ2) is 4.26. The molecular weight excluding hydrogens is 154 g/mol. The molecule has 2 N–H and O–H groups in total. The van der Waals surface area contributed by atoms with Gasteiger partial charge in [0.25, 0.3) is 0 Å². The Morgan fingerprint density at radius 3 is 3.08 bits per heavy atom. The number of hydrogen-bond acceptors (Lipinski definition) is 2. The molecule has 1 rings (SSSR count). The Labute approximate surface area is 72.5 Å². The lowest BCUT2D eigenvalue weighted by atomic mass is 9.93. The normalized spacial score (nSPS) is 19.9. The maximum Gasteiger partial charge on any atom is 0.303 e. The zero-order valence-corrected chi connectivity index (χ0v) is 7.34. The van der Waals surface area contributed by atoms with Crippen molar-refractivity contribution in [3.05, 3.63) is 11.6 Å². The summed E-state index contributed by atoms with van der Waals surface area (Å²) in [5.74, 6) is -0.508. The van der Waals surface area contributed by atoms with Gasteiger partial charge >= 0.3 is 5.97 Å². The highest BCUT2D eigenvalue weighted by atomic mass is 16.4. The van der Waals surface area contributed by atoms with Crippen molar-refractivity contribution in [3.8, 4) is 0 Å². The third kappa shape index (κ3) is 2.66. The Bertz CT molecular complexity index is 199. The maximum absolute atomic E-state index is 10.4.